The van der Waals surface area contributed by atoms with Crippen molar-refractivity contribution < 1.29 is 25.9 Å². The van der Waals surface area contributed by atoms with Crippen LogP contribution in [0, 0.1) is 0 Å². The van der Waals surface area contributed by atoms with Gasteiger partial charge < -0.3 is 5.32 Å². The predicted molar refractivity (Wildman–Crippen MR) is 157 cm³/mol. The minimum atomic E-state index is -4.32. The second-order valence-electron chi connectivity index (χ2n) is 10.7. The topological polar surface area (TPSA) is 133 Å². The Morgan fingerprint density at radius 1 is 0.975 bits per heavy atom. The van der Waals surface area contributed by atoms with Crippen LogP contribution in [0.5, 0.6) is 0 Å². The average Bonchev–Trinajstić information content (AvgIpc) is 3.33. The van der Waals surface area contributed by atoms with Crippen molar-refractivity contribution >= 4 is 48.9 Å². The Kier molecular flexibility index (Phi) is 7.21. The number of benzene rings is 2. The molecule has 40 heavy (non-hydrogen) atoms. The Bertz CT molecular complexity index is 1800. The molecule has 0 bridgehead atoms. The van der Waals surface area contributed by atoms with E-state index < -0.39 is 25.7 Å². The van der Waals surface area contributed by atoms with Gasteiger partial charge >= 0.3 is 0 Å². The number of nitrogens with one attached hydrogen (secondary N) is 1. The van der Waals surface area contributed by atoms with E-state index in [0.29, 0.717) is 10.7 Å². The van der Waals surface area contributed by atoms with E-state index in [1.165, 1.54) is 24.3 Å². The van der Waals surface area contributed by atoms with E-state index in [1.54, 1.807) is 12.1 Å². The maximum absolute atomic E-state index is 11.6. The van der Waals surface area contributed by atoms with Gasteiger partial charge in [-0.1, -0.05) is 44.5 Å². The van der Waals surface area contributed by atoms with Crippen molar-refractivity contribution in [3.05, 3.63) is 93.7 Å². The highest BCUT2D eigenvalue weighted by atomic mass is 35.5. The molecule has 3 N–H and O–H groups in total. The second kappa shape index (κ2) is 10.1. The Morgan fingerprint density at radius 2 is 1.65 bits per heavy atom. The molecule has 1 aliphatic carbocycles. The molecular formula is C29H29ClN2O6S2. The van der Waals surface area contributed by atoms with Crippen molar-refractivity contribution in [2.24, 2.45) is 4.99 Å². The number of anilines is 1. The van der Waals surface area contributed by atoms with Gasteiger partial charge in [0.15, 0.2) is 0 Å². The highest BCUT2D eigenvalue weighted by molar-refractivity contribution is 7.86. The second-order valence-corrected chi connectivity index (χ2v) is 13.9. The summed E-state index contributed by atoms with van der Waals surface area (Å²) in [5, 5.41) is 3.99. The molecule has 1 atom stereocenters. The number of hydrogen-bond acceptors (Lipinski definition) is 6. The molecule has 0 saturated carbocycles. The Hall–Kier alpha value is -3.02. The molecule has 0 amide bonds. The normalized spacial score (nSPS) is 22.6. The van der Waals surface area contributed by atoms with Gasteiger partial charge in [-0.25, -0.2) is 0 Å². The zero-order valence-corrected chi connectivity index (χ0v) is 24.5. The Morgan fingerprint density at radius 3 is 2.35 bits per heavy atom. The molecule has 8 nitrogen and oxygen atoms in total. The highest BCUT2D eigenvalue weighted by Gasteiger charge is 2.34. The number of nitrogens with zero attached hydrogens (tertiary/aromatic N) is 1. The maximum atomic E-state index is 11.6. The fourth-order valence-electron chi connectivity index (χ4n) is 5.30. The number of hydrogen-bond donors (Lipinski definition) is 3. The van der Waals surface area contributed by atoms with Crippen molar-refractivity contribution in [3.8, 4) is 0 Å². The van der Waals surface area contributed by atoms with E-state index in [-0.39, 0.29) is 15.7 Å². The van der Waals surface area contributed by atoms with Gasteiger partial charge in [-0.3, -0.25) is 14.1 Å². The van der Waals surface area contributed by atoms with Crippen LogP contribution in [0.4, 0.5) is 11.4 Å². The van der Waals surface area contributed by atoms with E-state index in [1.807, 2.05) is 45.1 Å². The van der Waals surface area contributed by atoms with E-state index in [4.69, 9.17) is 16.6 Å². The summed E-state index contributed by atoms with van der Waals surface area (Å²) >= 11 is 6.83. The third-order valence-corrected chi connectivity index (χ3v) is 9.90. The number of fused-ring (bicyclic) bond motifs is 2. The minimum Gasteiger partial charge on any atom is -0.358 e. The molecule has 2 aromatic carbocycles. The van der Waals surface area contributed by atoms with Crippen LogP contribution < -0.4 is 5.32 Å². The summed E-state index contributed by atoms with van der Waals surface area (Å²) in [5.74, 6) is -0.0927. The predicted octanol–water partition coefficient (Wildman–Crippen LogP) is 6.82. The van der Waals surface area contributed by atoms with Crippen molar-refractivity contribution in [3.63, 3.8) is 0 Å². The van der Waals surface area contributed by atoms with Crippen molar-refractivity contribution in [1.82, 2.24) is 0 Å². The number of halogens is 1. The smallest absolute Gasteiger partial charge is 0.294 e. The first-order chi connectivity index (χ1) is 18.7. The largest absolute Gasteiger partial charge is 0.358 e. The highest BCUT2D eigenvalue weighted by Crippen LogP contribution is 2.43. The van der Waals surface area contributed by atoms with Crippen LogP contribution in [0.2, 0.25) is 0 Å². The fraction of sp³-hybridized carbons (Fsp3) is 0.276. The summed E-state index contributed by atoms with van der Waals surface area (Å²) in [5.41, 5.74) is 6.02. The fourth-order valence-corrected chi connectivity index (χ4v) is 6.63. The summed E-state index contributed by atoms with van der Waals surface area (Å²) < 4.78 is 65.2. The lowest BCUT2D eigenvalue weighted by atomic mass is 9.81. The van der Waals surface area contributed by atoms with Gasteiger partial charge in [0, 0.05) is 27.7 Å². The van der Waals surface area contributed by atoms with E-state index in [0.717, 1.165) is 58.6 Å². The van der Waals surface area contributed by atoms with Crippen LogP contribution in [-0.2, 0) is 25.7 Å². The molecule has 0 spiro atoms. The van der Waals surface area contributed by atoms with E-state index in [2.05, 4.69) is 5.32 Å². The molecule has 3 aliphatic rings. The van der Waals surface area contributed by atoms with Crippen LogP contribution in [0.15, 0.2) is 97.4 Å². The van der Waals surface area contributed by atoms with Crippen LogP contribution in [-0.4, -0.2) is 31.7 Å². The van der Waals surface area contributed by atoms with Gasteiger partial charge in [0.05, 0.1) is 21.2 Å². The first-order valence-electron chi connectivity index (χ1n) is 12.7. The van der Waals surface area contributed by atoms with Crippen LogP contribution in [0.25, 0.3) is 0 Å². The number of rotatable bonds is 5. The average molecular weight is 601 g/mol. The summed E-state index contributed by atoms with van der Waals surface area (Å²) in [4.78, 5) is 4.41. The summed E-state index contributed by atoms with van der Waals surface area (Å²) in [7, 11) is -8.60. The zero-order chi connectivity index (χ0) is 29.0. The molecule has 210 valence electrons. The number of allylic oxidation sites excluding steroid dienone is 8. The molecule has 0 saturated heterocycles. The third kappa shape index (κ3) is 5.34. The van der Waals surface area contributed by atoms with Gasteiger partial charge in [-0.15, -0.1) is 0 Å². The van der Waals surface area contributed by atoms with E-state index in [9.17, 15) is 25.9 Å². The molecular weight excluding hydrogens is 572 g/mol. The summed E-state index contributed by atoms with van der Waals surface area (Å²) in [6.07, 6.45) is 10.3. The van der Waals surface area contributed by atoms with Gasteiger partial charge in [-0.05, 0) is 90.1 Å². The molecule has 2 aromatic rings. The van der Waals surface area contributed by atoms with Gasteiger partial charge in [-0.2, -0.15) is 16.8 Å². The third-order valence-electron chi connectivity index (χ3n) is 7.72. The minimum absolute atomic E-state index is 0.0927. The number of aliphatic imine (C=N–C) groups is 1. The molecule has 0 aromatic heterocycles. The molecule has 0 fully saturated rings. The van der Waals surface area contributed by atoms with E-state index >= 15 is 0 Å². The van der Waals surface area contributed by atoms with Crippen molar-refractivity contribution in [2.75, 3.05) is 5.32 Å². The zero-order valence-electron chi connectivity index (χ0n) is 22.1. The Balaban J connectivity index is 1.38. The molecule has 1 unspecified atom stereocenters. The first kappa shape index (κ1) is 28.5. The lowest BCUT2D eigenvalue weighted by molar-refractivity contribution is 0.480. The molecule has 5 rings (SSSR count). The Labute approximate surface area is 239 Å². The monoisotopic (exact) mass is 600 g/mol. The summed E-state index contributed by atoms with van der Waals surface area (Å²) in [6, 6.07) is 8.92. The van der Waals surface area contributed by atoms with Crippen molar-refractivity contribution in [2.45, 2.75) is 61.2 Å². The maximum Gasteiger partial charge on any atom is 0.294 e. The quantitative estimate of drug-likeness (QED) is 0.321. The SMILES string of the molecule is CC1/C(=C/C=C2\CCCC(/C=C/C3=Nc4ccc(S(=O)(=O)O)cc4C3(C)C)=C2Cl)Nc2ccc(S(=O)(=O)O)cc21. The first-order valence-corrected chi connectivity index (χ1v) is 16.0. The van der Waals surface area contributed by atoms with Gasteiger partial charge in [0.25, 0.3) is 20.2 Å². The molecule has 11 heteroatoms. The molecule has 0 radical (unpaired) electrons. The van der Waals surface area contributed by atoms with Crippen LogP contribution in [0.1, 0.15) is 57.1 Å². The standard InChI is InChI=1S/C29H29ClN2O6S2/c1-17-22-15-20(39(33,34)35)9-12-25(22)31-24(17)11-7-18-5-4-6-19(28(18)30)8-14-27-29(2,3)23-16-21(40(36,37)38)10-13-26(23)32-27/h7-17,31H,4-6H2,1-3H3,(H,33,34,35)(H,36,37,38)/b14-8+,18-7+,24-11-. The van der Waals surface area contributed by atoms with Crippen LogP contribution in [0.3, 0.4) is 0 Å². The molecule has 2 heterocycles. The lowest BCUT2D eigenvalue weighted by Gasteiger charge is -2.21. The van der Waals surface area contributed by atoms with Gasteiger partial charge in [0.1, 0.15) is 0 Å². The van der Waals surface area contributed by atoms with Crippen LogP contribution >= 0.6 is 11.6 Å². The molecule has 2 aliphatic heterocycles. The van der Waals surface area contributed by atoms with Crippen molar-refractivity contribution in [1.29, 1.82) is 0 Å². The summed E-state index contributed by atoms with van der Waals surface area (Å²) in [6.45, 7) is 5.87. The van der Waals surface area contributed by atoms with Gasteiger partial charge in [0.2, 0.25) is 0 Å². The lowest BCUT2D eigenvalue weighted by Crippen LogP contribution is -2.24.